The second-order valence-corrected chi connectivity index (χ2v) is 6.44. The van der Waals surface area contributed by atoms with Crippen molar-refractivity contribution in [1.29, 1.82) is 0 Å². The van der Waals surface area contributed by atoms with E-state index < -0.39 is 0 Å². The highest BCUT2D eigenvalue weighted by atomic mass is 16.5. The first-order chi connectivity index (χ1) is 11.7. The zero-order valence-corrected chi connectivity index (χ0v) is 14.1. The van der Waals surface area contributed by atoms with E-state index in [1.54, 1.807) is 13.3 Å². The van der Waals surface area contributed by atoms with Crippen LogP contribution in [0.5, 0.6) is 5.75 Å². The third kappa shape index (κ3) is 4.34. The van der Waals surface area contributed by atoms with Gasteiger partial charge in [0.1, 0.15) is 5.75 Å². The number of carbonyl (C=O) groups is 1. The Bertz CT molecular complexity index is 672. The van der Waals surface area contributed by atoms with Gasteiger partial charge in [0.2, 0.25) is 5.91 Å². The van der Waals surface area contributed by atoms with Gasteiger partial charge in [-0.15, -0.1) is 0 Å². The Morgan fingerprint density at radius 2 is 2.17 bits per heavy atom. The normalized spacial score (nSPS) is 17.5. The van der Waals surface area contributed by atoms with Crippen LogP contribution in [0.4, 0.5) is 0 Å². The molecule has 4 nitrogen and oxygen atoms in total. The minimum Gasteiger partial charge on any atom is -0.497 e. The van der Waals surface area contributed by atoms with Crippen LogP contribution in [-0.4, -0.2) is 36.0 Å². The number of likely N-dealkylation sites (tertiary alicyclic amines) is 1. The van der Waals surface area contributed by atoms with Crippen molar-refractivity contribution in [1.82, 2.24) is 9.88 Å². The first kappa shape index (κ1) is 16.5. The van der Waals surface area contributed by atoms with E-state index in [9.17, 15) is 4.79 Å². The summed E-state index contributed by atoms with van der Waals surface area (Å²) in [4.78, 5) is 18.8. The van der Waals surface area contributed by atoms with Gasteiger partial charge in [-0.2, -0.15) is 0 Å². The fourth-order valence-corrected chi connectivity index (χ4v) is 3.38. The number of pyridine rings is 1. The SMILES string of the molecule is COc1cccc(CC(=O)N2CCCC(Cc3cccnc3)C2)c1. The summed E-state index contributed by atoms with van der Waals surface area (Å²) in [5.74, 6) is 1.53. The number of aromatic nitrogens is 1. The zero-order valence-electron chi connectivity index (χ0n) is 14.1. The van der Waals surface area contributed by atoms with Crippen molar-refractivity contribution in [2.24, 2.45) is 5.92 Å². The first-order valence-corrected chi connectivity index (χ1v) is 8.54. The lowest BCUT2D eigenvalue weighted by Crippen LogP contribution is -2.41. The molecule has 3 rings (SSSR count). The summed E-state index contributed by atoms with van der Waals surface area (Å²) in [6.07, 6.45) is 7.42. The summed E-state index contributed by atoms with van der Waals surface area (Å²) in [6.45, 7) is 1.71. The number of amides is 1. The van der Waals surface area contributed by atoms with E-state index >= 15 is 0 Å². The summed E-state index contributed by atoms with van der Waals surface area (Å²) in [6, 6.07) is 11.8. The zero-order chi connectivity index (χ0) is 16.8. The fraction of sp³-hybridized carbons (Fsp3) is 0.400. The monoisotopic (exact) mass is 324 g/mol. The lowest BCUT2D eigenvalue weighted by Gasteiger charge is -2.33. The minimum absolute atomic E-state index is 0.208. The molecule has 2 heterocycles. The van der Waals surface area contributed by atoms with Gasteiger partial charge in [-0.1, -0.05) is 18.2 Å². The molecule has 2 aromatic rings. The van der Waals surface area contributed by atoms with Gasteiger partial charge in [0, 0.05) is 25.5 Å². The summed E-state index contributed by atoms with van der Waals surface area (Å²) in [5.41, 5.74) is 2.26. The van der Waals surface area contributed by atoms with Crippen molar-refractivity contribution in [2.45, 2.75) is 25.7 Å². The second kappa shape index (κ2) is 7.95. The lowest BCUT2D eigenvalue weighted by molar-refractivity contribution is -0.132. The van der Waals surface area contributed by atoms with Crippen molar-refractivity contribution in [3.05, 3.63) is 59.9 Å². The smallest absolute Gasteiger partial charge is 0.227 e. The van der Waals surface area contributed by atoms with E-state index in [4.69, 9.17) is 4.74 Å². The van der Waals surface area contributed by atoms with Crippen molar-refractivity contribution in [3.8, 4) is 5.75 Å². The second-order valence-electron chi connectivity index (χ2n) is 6.44. The molecule has 0 N–H and O–H groups in total. The van der Waals surface area contributed by atoms with Gasteiger partial charge in [0.05, 0.1) is 13.5 Å². The van der Waals surface area contributed by atoms with E-state index in [0.717, 1.165) is 37.2 Å². The Labute approximate surface area is 143 Å². The molecule has 126 valence electrons. The molecule has 0 bridgehead atoms. The number of hydrogen-bond donors (Lipinski definition) is 0. The Kier molecular flexibility index (Phi) is 5.47. The van der Waals surface area contributed by atoms with Gasteiger partial charge < -0.3 is 9.64 Å². The van der Waals surface area contributed by atoms with Gasteiger partial charge in [-0.3, -0.25) is 9.78 Å². The van der Waals surface area contributed by atoms with Crippen LogP contribution in [0.3, 0.4) is 0 Å². The Hall–Kier alpha value is -2.36. The lowest BCUT2D eigenvalue weighted by atomic mass is 9.91. The maximum absolute atomic E-state index is 12.6. The third-order valence-corrected chi connectivity index (χ3v) is 4.61. The Balaban J connectivity index is 1.58. The van der Waals surface area contributed by atoms with E-state index in [2.05, 4.69) is 11.1 Å². The molecule has 0 spiro atoms. The number of nitrogens with zero attached hydrogens (tertiary/aromatic N) is 2. The molecular weight excluding hydrogens is 300 g/mol. The molecule has 4 heteroatoms. The average molecular weight is 324 g/mol. The van der Waals surface area contributed by atoms with E-state index in [0.29, 0.717) is 12.3 Å². The molecule has 24 heavy (non-hydrogen) atoms. The third-order valence-electron chi connectivity index (χ3n) is 4.61. The van der Waals surface area contributed by atoms with Gasteiger partial charge in [-0.05, 0) is 54.5 Å². The van der Waals surface area contributed by atoms with Crippen LogP contribution in [-0.2, 0) is 17.6 Å². The molecule has 1 saturated heterocycles. The van der Waals surface area contributed by atoms with Crippen LogP contribution < -0.4 is 4.74 Å². The maximum Gasteiger partial charge on any atom is 0.227 e. The quantitative estimate of drug-likeness (QED) is 0.849. The molecule has 0 saturated carbocycles. The van der Waals surface area contributed by atoms with Crippen LogP contribution >= 0.6 is 0 Å². The molecule has 1 aromatic carbocycles. The highest BCUT2D eigenvalue weighted by Gasteiger charge is 2.23. The summed E-state index contributed by atoms with van der Waals surface area (Å²) < 4.78 is 5.23. The maximum atomic E-state index is 12.6. The molecule has 1 aliphatic heterocycles. The van der Waals surface area contributed by atoms with Gasteiger partial charge in [-0.25, -0.2) is 0 Å². The number of methoxy groups -OCH3 is 1. The molecular formula is C20H24N2O2. The number of rotatable bonds is 5. The Morgan fingerprint density at radius 1 is 1.29 bits per heavy atom. The van der Waals surface area contributed by atoms with Gasteiger partial charge >= 0.3 is 0 Å². The molecule has 1 aliphatic rings. The molecule has 1 aromatic heterocycles. The first-order valence-electron chi connectivity index (χ1n) is 8.54. The number of ether oxygens (including phenoxy) is 1. The van der Waals surface area contributed by atoms with Gasteiger partial charge in [0.25, 0.3) is 0 Å². The van der Waals surface area contributed by atoms with Crippen LogP contribution in [0.25, 0.3) is 0 Å². The van der Waals surface area contributed by atoms with Crippen LogP contribution in [0.2, 0.25) is 0 Å². The van der Waals surface area contributed by atoms with Crippen LogP contribution in [0.15, 0.2) is 48.8 Å². The summed E-state index contributed by atoms with van der Waals surface area (Å²) in [5, 5.41) is 0. The minimum atomic E-state index is 0.208. The highest BCUT2D eigenvalue weighted by molar-refractivity contribution is 5.79. The van der Waals surface area contributed by atoms with E-state index in [1.807, 2.05) is 41.4 Å². The largest absolute Gasteiger partial charge is 0.497 e. The standard InChI is InChI=1S/C20H24N2O2/c1-24-19-8-2-5-16(12-19)13-20(23)22-10-4-7-18(15-22)11-17-6-3-9-21-14-17/h2-3,5-6,8-9,12,14,18H,4,7,10-11,13,15H2,1H3. The molecule has 1 unspecified atom stereocenters. The summed E-state index contributed by atoms with van der Waals surface area (Å²) in [7, 11) is 1.65. The Morgan fingerprint density at radius 3 is 2.96 bits per heavy atom. The number of piperidine rings is 1. The average Bonchev–Trinajstić information content (AvgIpc) is 2.63. The summed E-state index contributed by atoms with van der Waals surface area (Å²) >= 11 is 0. The van der Waals surface area contributed by atoms with Crippen LogP contribution in [0.1, 0.15) is 24.0 Å². The number of carbonyl (C=O) groups excluding carboxylic acids is 1. The van der Waals surface area contributed by atoms with Crippen LogP contribution in [0, 0.1) is 5.92 Å². The molecule has 0 aliphatic carbocycles. The highest BCUT2D eigenvalue weighted by Crippen LogP contribution is 2.22. The number of hydrogen-bond acceptors (Lipinski definition) is 3. The van der Waals surface area contributed by atoms with E-state index in [-0.39, 0.29) is 5.91 Å². The van der Waals surface area contributed by atoms with Crippen molar-refractivity contribution >= 4 is 5.91 Å². The molecule has 0 radical (unpaired) electrons. The predicted molar refractivity (Wildman–Crippen MR) is 93.9 cm³/mol. The molecule has 1 amide bonds. The van der Waals surface area contributed by atoms with Crippen molar-refractivity contribution in [2.75, 3.05) is 20.2 Å². The molecule has 1 fully saturated rings. The molecule has 1 atom stereocenters. The predicted octanol–water partition coefficient (Wildman–Crippen LogP) is 3.11. The van der Waals surface area contributed by atoms with Gasteiger partial charge in [0.15, 0.2) is 0 Å². The fourth-order valence-electron chi connectivity index (χ4n) is 3.38. The van der Waals surface area contributed by atoms with E-state index in [1.165, 1.54) is 12.0 Å². The van der Waals surface area contributed by atoms with Crippen molar-refractivity contribution in [3.63, 3.8) is 0 Å². The topological polar surface area (TPSA) is 42.4 Å². The number of benzene rings is 1. The van der Waals surface area contributed by atoms with Crippen molar-refractivity contribution < 1.29 is 9.53 Å².